The molecule has 0 aliphatic rings. The molecule has 0 aliphatic heterocycles. The van der Waals surface area contributed by atoms with Crippen LogP contribution in [-0.4, -0.2) is 32.3 Å². The predicted molar refractivity (Wildman–Crippen MR) is 64.7 cm³/mol. The van der Waals surface area contributed by atoms with Crippen LogP contribution in [0.2, 0.25) is 19.6 Å². The molecule has 0 fully saturated rings. The highest BCUT2D eigenvalue weighted by molar-refractivity contribution is 6.76. The van der Waals surface area contributed by atoms with Crippen LogP contribution in [0.3, 0.4) is 0 Å². The van der Waals surface area contributed by atoms with Gasteiger partial charge in [-0.25, -0.2) is 9.59 Å². The van der Waals surface area contributed by atoms with Crippen molar-refractivity contribution in [2.75, 3.05) is 6.23 Å². The molecule has 16 heavy (non-hydrogen) atoms. The Hall–Kier alpha value is -1.10. The smallest absolute Gasteiger partial charge is 0.331 e. The first-order valence-corrected chi connectivity index (χ1v) is 8.97. The predicted octanol–water partition coefficient (Wildman–Crippen LogP) is 1.91. The van der Waals surface area contributed by atoms with Crippen LogP contribution >= 0.6 is 0 Å². The minimum Gasteiger partial charge on any atom is -0.466 e. The van der Waals surface area contributed by atoms with E-state index in [4.69, 9.17) is 9.47 Å². The highest BCUT2D eigenvalue weighted by Gasteiger charge is 2.15. The number of hydrogen-bond acceptors (Lipinski definition) is 4. The van der Waals surface area contributed by atoms with E-state index in [1.54, 1.807) is 13.8 Å². The number of rotatable bonds is 5. The fraction of sp³-hybridized carbons (Fsp3) is 0.636. The van der Waals surface area contributed by atoms with Crippen LogP contribution in [0.5, 0.6) is 0 Å². The number of esters is 2. The van der Waals surface area contributed by atoms with Gasteiger partial charge in [-0.15, -0.1) is 0 Å². The van der Waals surface area contributed by atoms with E-state index in [2.05, 4.69) is 19.6 Å². The summed E-state index contributed by atoms with van der Waals surface area (Å²) in [5.41, 5.74) is 0. The molecule has 0 saturated carbocycles. The summed E-state index contributed by atoms with van der Waals surface area (Å²) in [5, 5.41) is 0. The first kappa shape index (κ1) is 14.9. The van der Waals surface area contributed by atoms with Gasteiger partial charge in [0.2, 0.25) is 0 Å². The molecule has 0 spiro atoms. The normalized spacial score (nSPS) is 11.9. The third kappa shape index (κ3) is 9.45. The van der Waals surface area contributed by atoms with Crippen LogP contribution in [0.1, 0.15) is 13.8 Å². The maximum absolute atomic E-state index is 11.2. The van der Waals surface area contributed by atoms with Crippen molar-refractivity contribution in [1.29, 1.82) is 0 Å². The fourth-order valence-electron chi connectivity index (χ4n) is 0.743. The molecule has 0 saturated heterocycles. The maximum Gasteiger partial charge on any atom is 0.331 e. The van der Waals surface area contributed by atoms with E-state index in [-0.39, 0.29) is 6.10 Å². The summed E-state index contributed by atoms with van der Waals surface area (Å²) in [4.78, 5) is 22.2. The average Bonchev–Trinajstić information content (AvgIpc) is 2.09. The molecule has 92 valence electrons. The largest absolute Gasteiger partial charge is 0.466 e. The number of ether oxygens (including phenoxy) is 2. The fourth-order valence-corrected chi connectivity index (χ4v) is 1.32. The second-order valence-electron chi connectivity index (χ2n) is 4.99. The van der Waals surface area contributed by atoms with Gasteiger partial charge in [0, 0.05) is 12.2 Å². The third-order valence-corrected chi connectivity index (χ3v) is 2.37. The second-order valence-corrected chi connectivity index (χ2v) is 10.4. The first-order chi connectivity index (χ1) is 7.20. The lowest BCUT2D eigenvalue weighted by molar-refractivity contribution is -0.142. The van der Waals surface area contributed by atoms with Crippen LogP contribution in [0.25, 0.3) is 0 Å². The molecule has 0 unspecified atom stereocenters. The van der Waals surface area contributed by atoms with Crippen LogP contribution in [0.15, 0.2) is 12.2 Å². The molecule has 0 aromatic carbocycles. The topological polar surface area (TPSA) is 52.6 Å². The van der Waals surface area contributed by atoms with E-state index < -0.39 is 20.0 Å². The lowest BCUT2D eigenvalue weighted by Crippen LogP contribution is -2.29. The number of carbonyl (C=O) groups is 2. The van der Waals surface area contributed by atoms with Crippen LogP contribution < -0.4 is 0 Å². The lowest BCUT2D eigenvalue weighted by atomic mass is 10.4. The van der Waals surface area contributed by atoms with E-state index in [0.29, 0.717) is 6.23 Å². The van der Waals surface area contributed by atoms with Gasteiger partial charge in [0.05, 0.1) is 20.4 Å². The third-order valence-electron chi connectivity index (χ3n) is 1.35. The Bertz CT molecular complexity index is 276. The van der Waals surface area contributed by atoms with Gasteiger partial charge in [0.1, 0.15) is 0 Å². The Labute approximate surface area is 97.6 Å². The molecule has 0 atom stereocenters. The SMILES string of the molecule is CC(C)OC(=O)/C=C/C(=O)OC[Si](C)(C)C. The highest BCUT2D eigenvalue weighted by atomic mass is 28.3. The van der Waals surface area contributed by atoms with Gasteiger partial charge in [-0.3, -0.25) is 0 Å². The van der Waals surface area contributed by atoms with Crippen molar-refractivity contribution in [2.45, 2.75) is 39.6 Å². The monoisotopic (exact) mass is 244 g/mol. The Morgan fingerprint density at radius 2 is 1.62 bits per heavy atom. The number of carbonyl (C=O) groups excluding carboxylic acids is 2. The zero-order chi connectivity index (χ0) is 12.8. The van der Waals surface area contributed by atoms with Gasteiger partial charge in [-0.1, -0.05) is 19.6 Å². The Kier molecular flexibility index (Phi) is 6.03. The maximum atomic E-state index is 11.2. The van der Waals surface area contributed by atoms with E-state index in [1.165, 1.54) is 0 Å². The second kappa shape index (κ2) is 6.47. The summed E-state index contributed by atoms with van der Waals surface area (Å²) in [6.45, 7) is 9.77. The van der Waals surface area contributed by atoms with Crippen molar-refractivity contribution >= 4 is 20.0 Å². The zero-order valence-corrected chi connectivity index (χ0v) is 11.6. The molecule has 0 heterocycles. The van der Waals surface area contributed by atoms with E-state index in [0.717, 1.165) is 12.2 Å². The molecular formula is C11H20O4Si. The van der Waals surface area contributed by atoms with Gasteiger partial charge in [-0.2, -0.15) is 0 Å². The van der Waals surface area contributed by atoms with Crippen molar-refractivity contribution in [2.24, 2.45) is 0 Å². The van der Waals surface area contributed by atoms with Crippen molar-refractivity contribution in [3.63, 3.8) is 0 Å². The Morgan fingerprint density at radius 3 is 2.06 bits per heavy atom. The van der Waals surface area contributed by atoms with Crippen molar-refractivity contribution in [3.05, 3.63) is 12.2 Å². The van der Waals surface area contributed by atoms with E-state index >= 15 is 0 Å². The quantitative estimate of drug-likeness (QED) is 0.421. The molecule has 5 heteroatoms. The lowest BCUT2D eigenvalue weighted by Gasteiger charge is -2.14. The molecule has 0 N–H and O–H groups in total. The molecular weight excluding hydrogens is 224 g/mol. The highest BCUT2D eigenvalue weighted by Crippen LogP contribution is 2.01. The van der Waals surface area contributed by atoms with E-state index in [9.17, 15) is 9.59 Å². The van der Waals surface area contributed by atoms with Crippen LogP contribution in [0, 0.1) is 0 Å². The first-order valence-electron chi connectivity index (χ1n) is 5.26. The Balaban J connectivity index is 3.96. The summed E-state index contributed by atoms with van der Waals surface area (Å²) in [5.74, 6) is -1.02. The minimum atomic E-state index is -1.40. The molecule has 0 aromatic heterocycles. The Morgan fingerprint density at radius 1 is 1.12 bits per heavy atom. The van der Waals surface area contributed by atoms with Crippen molar-refractivity contribution in [3.8, 4) is 0 Å². The minimum absolute atomic E-state index is 0.185. The average molecular weight is 244 g/mol. The van der Waals surface area contributed by atoms with Gasteiger partial charge in [0.25, 0.3) is 0 Å². The standard InChI is InChI=1S/C11H20O4Si/c1-9(2)15-11(13)7-6-10(12)14-8-16(3,4)5/h6-7,9H,8H2,1-5H3/b7-6+. The van der Waals surface area contributed by atoms with Gasteiger partial charge in [0.15, 0.2) is 0 Å². The zero-order valence-electron chi connectivity index (χ0n) is 10.6. The van der Waals surface area contributed by atoms with Crippen molar-refractivity contribution < 1.29 is 19.1 Å². The van der Waals surface area contributed by atoms with Gasteiger partial charge < -0.3 is 9.47 Å². The molecule has 0 radical (unpaired) electrons. The summed E-state index contributed by atoms with van der Waals surface area (Å²) in [6, 6.07) is 0. The summed E-state index contributed by atoms with van der Waals surface area (Å²) >= 11 is 0. The van der Waals surface area contributed by atoms with Crippen LogP contribution in [0.4, 0.5) is 0 Å². The summed E-state index contributed by atoms with van der Waals surface area (Å²) < 4.78 is 9.81. The molecule has 0 aliphatic carbocycles. The number of hydrogen-bond donors (Lipinski definition) is 0. The van der Waals surface area contributed by atoms with E-state index in [1.807, 2.05) is 0 Å². The molecule has 0 aromatic rings. The molecule has 0 rings (SSSR count). The molecule has 0 bridgehead atoms. The van der Waals surface area contributed by atoms with Gasteiger partial charge >= 0.3 is 11.9 Å². The van der Waals surface area contributed by atoms with Gasteiger partial charge in [-0.05, 0) is 13.8 Å². The van der Waals surface area contributed by atoms with Crippen molar-refractivity contribution in [1.82, 2.24) is 0 Å². The summed E-state index contributed by atoms with van der Waals surface area (Å²) in [7, 11) is -1.40. The summed E-state index contributed by atoms with van der Waals surface area (Å²) in [6.07, 6.45) is 2.46. The molecule has 0 amide bonds. The molecule has 4 nitrogen and oxygen atoms in total. The van der Waals surface area contributed by atoms with Crippen LogP contribution in [-0.2, 0) is 19.1 Å².